The number of carboxylic acid groups (broad SMARTS) is 1. The van der Waals surface area contributed by atoms with E-state index in [1.807, 2.05) is 13.8 Å². The number of aliphatic carboxylic acids is 1. The monoisotopic (exact) mass is 287 g/mol. The van der Waals surface area contributed by atoms with E-state index in [0.29, 0.717) is 12.8 Å². The molecule has 2 aliphatic rings. The molecule has 0 radical (unpaired) electrons. The van der Waals surface area contributed by atoms with Crippen molar-refractivity contribution in [3.63, 3.8) is 0 Å². The number of benzene rings is 1. The molecule has 21 heavy (non-hydrogen) atoms. The van der Waals surface area contributed by atoms with Gasteiger partial charge in [0.25, 0.3) is 0 Å². The maximum Gasteiger partial charge on any atom is 0.311 e. The third-order valence-electron chi connectivity index (χ3n) is 4.85. The van der Waals surface area contributed by atoms with Gasteiger partial charge >= 0.3 is 5.97 Å². The molecule has 0 unspecified atom stereocenters. The quantitative estimate of drug-likeness (QED) is 0.873. The summed E-state index contributed by atoms with van der Waals surface area (Å²) in [6.07, 6.45) is 3.03. The Labute approximate surface area is 124 Å². The van der Waals surface area contributed by atoms with Gasteiger partial charge in [-0.1, -0.05) is 29.3 Å². The average Bonchev–Trinajstić information content (AvgIpc) is 3.28. The number of carboxylic acids is 1. The highest BCUT2D eigenvalue weighted by molar-refractivity contribution is 5.92. The maximum atomic E-state index is 12.5. The van der Waals surface area contributed by atoms with E-state index < -0.39 is 16.8 Å². The summed E-state index contributed by atoms with van der Waals surface area (Å²) in [5.41, 5.74) is 2.26. The van der Waals surface area contributed by atoms with E-state index in [1.54, 1.807) is 0 Å². The van der Waals surface area contributed by atoms with Gasteiger partial charge in [-0.2, -0.15) is 0 Å². The van der Waals surface area contributed by atoms with E-state index in [-0.39, 0.29) is 12.5 Å². The van der Waals surface area contributed by atoms with Crippen LogP contribution in [0.1, 0.15) is 42.4 Å². The van der Waals surface area contributed by atoms with Crippen LogP contribution in [0.2, 0.25) is 0 Å². The highest BCUT2D eigenvalue weighted by Crippen LogP contribution is 2.50. The normalized spacial score (nSPS) is 20.7. The first-order valence-electron chi connectivity index (χ1n) is 7.49. The minimum Gasteiger partial charge on any atom is -0.481 e. The Hall–Kier alpha value is -1.84. The number of hydrogen-bond donors (Lipinski definition) is 2. The molecular formula is C17H21NO3. The second-order valence-electron chi connectivity index (χ2n) is 6.73. The van der Waals surface area contributed by atoms with Gasteiger partial charge in [-0.15, -0.1) is 0 Å². The highest BCUT2D eigenvalue weighted by atomic mass is 16.4. The second kappa shape index (κ2) is 4.58. The molecule has 2 fully saturated rings. The maximum absolute atomic E-state index is 12.5. The molecule has 0 aliphatic heterocycles. The van der Waals surface area contributed by atoms with Crippen molar-refractivity contribution in [1.29, 1.82) is 0 Å². The predicted molar refractivity (Wildman–Crippen MR) is 79.1 cm³/mol. The first-order chi connectivity index (χ1) is 9.88. The molecule has 0 heterocycles. The summed E-state index contributed by atoms with van der Waals surface area (Å²) < 4.78 is 0. The molecule has 1 amide bonds. The SMILES string of the molecule is Cc1cc(C)cc(C2(C(=O)NCC3(C(=O)O)CC3)CC2)c1. The van der Waals surface area contributed by atoms with E-state index >= 15 is 0 Å². The third kappa shape index (κ3) is 2.43. The van der Waals surface area contributed by atoms with Crippen LogP contribution in [-0.4, -0.2) is 23.5 Å². The van der Waals surface area contributed by atoms with Crippen molar-refractivity contribution >= 4 is 11.9 Å². The largest absolute Gasteiger partial charge is 0.481 e. The number of carbonyl (C=O) groups is 2. The zero-order chi connectivity index (χ0) is 15.3. The van der Waals surface area contributed by atoms with Crippen molar-refractivity contribution in [1.82, 2.24) is 5.32 Å². The van der Waals surface area contributed by atoms with Crippen molar-refractivity contribution in [3.05, 3.63) is 34.9 Å². The first-order valence-corrected chi connectivity index (χ1v) is 7.49. The molecule has 1 aromatic rings. The summed E-state index contributed by atoms with van der Waals surface area (Å²) in [6.45, 7) is 4.33. The smallest absolute Gasteiger partial charge is 0.311 e. The van der Waals surface area contributed by atoms with Gasteiger partial charge < -0.3 is 10.4 Å². The lowest BCUT2D eigenvalue weighted by molar-refractivity contribution is -0.143. The fourth-order valence-electron chi connectivity index (χ4n) is 3.06. The fraction of sp³-hybridized carbons (Fsp3) is 0.529. The van der Waals surface area contributed by atoms with Crippen LogP contribution < -0.4 is 5.32 Å². The van der Waals surface area contributed by atoms with Crippen LogP contribution in [0.5, 0.6) is 0 Å². The summed E-state index contributed by atoms with van der Waals surface area (Å²) in [4.78, 5) is 23.7. The van der Waals surface area contributed by atoms with Crippen LogP contribution in [-0.2, 0) is 15.0 Å². The lowest BCUT2D eigenvalue weighted by Crippen LogP contribution is -2.40. The summed E-state index contributed by atoms with van der Waals surface area (Å²) in [5, 5.41) is 12.1. The number of rotatable bonds is 5. The summed E-state index contributed by atoms with van der Waals surface area (Å²) >= 11 is 0. The number of aryl methyl sites for hydroxylation is 2. The van der Waals surface area contributed by atoms with Crippen molar-refractivity contribution in [3.8, 4) is 0 Å². The topological polar surface area (TPSA) is 66.4 Å². The van der Waals surface area contributed by atoms with Crippen LogP contribution in [0.15, 0.2) is 18.2 Å². The van der Waals surface area contributed by atoms with Gasteiger partial charge in [0.05, 0.1) is 10.8 Å². The molecule has 0 atom stereocenters. The Morgan fingerprint density at radius 1 is 1.10 bits per heavy atom. The van der Waals surface area contributed by atoms with E-state index in [4.69, 9.17) is 0 Å². The molecule has 2 N–H and O–H groups in total. The van der Waals surface area contributed by atoms with Crippen LogP contribution >= 0.6 is 0 Å². The third-order valence-corrected chi connectivity index (χ3v) is 4.85. The molecule has 4 heteroatoms. The fourth-order valence-corrected chi connectivity index (χ4v) is 3.06. The Balaban J connectivity index is 1.73. The number of hydrogen-bond acceptors (Lipinski definition) is 2. The molecule has 0 saturated heterocycles. The van der Waals surface area contributed by atoms with E-state index in [0.717, 1.165) is 29.5 Å². The second-order valence-corrected chi connectivity index (χ2v) is 6.73. The lowest BCUT2D eigenvalue weighted by Gasteiger charge is -2.19. The van der Waals surface area contributed by atoms with Crippen molar-refractivity contribution in [2.45, 2.75) is 44.9 Å². The first kappa shape index (κ1) is 14.1. The van der Waals surface area contributed by atoms with Crippen LogP contribution in [0, 0.1) is 19.3 Å². The lowest BCUT2D eigenvalue weighted by atomic mass is 9.91. The van der Waals surface area contributed by atoms with Gasteiger partial charge in [0.1, 0.15) is 0 Å². The van der Waals surface area contributed by atoms with Crippen LogP contribution in [0.4, 0.5) is 0 Å². The summed E-state index contributed by atoms with van der Waals surface area (Å²) in [5.74, 6) is -0.806. The molecule has 1 aromatic carbocycles. The molecule has 0 bridgehead atoms. The Bertz CT molecular complexity index is 592. The summed E-state index contributed by atoms with van der Waals surface area (Å²) in [7, 11) is 0. The number of nitrogens with one attached hydrogen (secondary N) is 1. The molecule has 2 saturated carbocycles. The van der Waals surface area contributed by atoms with Gasteiger partial charge in [0, 0.05) is 6.54 Å². The number of carbonyl (C=O) groups excluding carboxylic acids is 1. The van der Waals surface area contributed by atoms with E-state index in [2.05, 4.69) is 23.5 Å². The molecular weight excluding hydrogens is 266 g/mol. The zero-order valence-corrected chi connectivity index (χ0v) is 12.5. The molecule has 0 aromatic heterocycles. The van der Waals surface area contributed by atoms with Crippen LogP contribution in [0.25, 0.3) is 0 Å². The summed E-state index contributed by atoms with van der Waals surface area (Å²) in [6, 6.07) is 6.24. The average molecular weight is 287 g/mol. The van der Waals surface area contributed by atoms with Gasteiger partial charge in [0.15, 0.2) is 0 Å². The van der Waals surface area contributed by atoms with E-state index in [9.17, 15) is 14.7 Å². The van der Waals surface area contributed by atoms with Crippen molar-refractivity contribution in [2.24, 2.45) is 5.41 Å². The predicted octanol–water partition coefficient (Wildman–Crippen LogP) is 2.32. The van der Waals surface area contributed by atoms with Gasteiger partial charge in [-0.3, -0.25) is 9.59 Å². The molecule has 3 rings (SSSR count). The van der Waals surface area contributed by atoms with Crippen molar-refractivity contribution in [2.75, 3.05) is 6.54 Å². The Kier molecular flexibility index (Phi) is 3.08. The van der Waals surface area contributed by atoms with Gasteiger partial charge in [0.2, 0.25) is 5.91 Å². The zero-order valence-electron chi connectivity index (χ0n) is 12.5. The van der Waals surface area contributed by atoms with Gasteiger partial charge in [-0.25, -0.2) is 0 Å². The Morgan fingerprint density at radius 3 is 2.10 bits per heavy atom. The number of amides is 1. The molecule has 2 aliphatic carbocycles. The molecule has 0 spiro atoms. The highest BCUT2D eigenvalue weighted by Gasteiger charge is 2.54. The Morgan fingerprint density at radius 2 is 1.67 bits per heavy atom. The van der Waals surface area contributed by atoms with Gasteiger partial charge in [-0.05, 0) is 45.1 Å². The minimum absolute atomic E-state index is 0.0139. The van der Waals surface area contributed by atoms with Crippen molar-refractivity contribution < 1.29 is 14.7 Å². The minimum atomic E-state index is -0.793. The van der Waals surface area contributed by atoms with Crippen LogP contribution in [0.3, 0.4) is 0 Å². The standard InChI is InChI=1S/C17H21NO3/c1-11-7-12(2)9-13(8-11)17(5-6-17)14(19)18-10-16(3-4-16)15(20)21/h7-9H,3-6,10H2,1-2H3,(H,18,19)(H,20,21). The molecule has 4 nitrogen and oxygen atoms in total. The molecule has 112 valence electrons. The van der Waals surface area contributed by atoms with E-state index in [1.165, 1.54) is 0 Å².